The molecule has 0 heterocycles. The lowest BCUT2D eigenvalue weighted by molar-refractivity contribution is 0.113. The van der Waals surface area contributed by atoms with E-state index in [1.165, 1.54) is 68.9 Å². The minimum atomic E-state index is 0.776. The van der Waals surface area contributed by atoms with E-state index in [2.05, 4.69) is 43.3 Å². The summed E-state index contributed by atoms with van der Waals surface area (Å²) in [5.41, 5.74) is 4.10. The molecule has 0 saturated heterocycles. The van der Waals surface area contributed by atoms with E-state index in [0.717, 1.165) is 28.7 Å². The Kier molecular flexibility index (Phi) is 6.23. The molecule has 0 N–H and O–H groups in total. The van der Waals surface area contributed by atoms with Crippen LogP contribution in [0.5, 0.6) is 0 Å². The van der Waals surface area contributed by atoms with Gasteiger partial charge in [-0.15, -0.1) is 0 Å². The molecule has 4 rings (SSSR count). The summed E-state index contributed by atoms with van der Waals surface area (Å²) in [4.78, 5) is 0. The number of rotatable bonds is 5. The second-order valence-corrected chi connectivity index (χ2v) is 9.42. The molecule has 0 aromatic heterocycles. The first kappa shape index (κ1) is 19.1. The van der Waals surface area contributed by atoms with Crippen LogP contribution >= 0.6 is 11.6 Å². The third-order valence-corrected chi connectivity index (χ3v) is 7.50. The van der Waals surface area contributed by atoms with E-state index >= 15 is 0 Å². The molecular weight excluding hydrogens is 348 g/mol. The Hall–Kier alpha value is -1.27. The first-order valence-electron chi connectivity index (χ1n) is 11.1. The number of hydrogen-bond acceptors (Lipinski definition) is 0. The quantitative estimate of drug-likeness (QED) is 0.487. The van der Waals surface area contributed by atoms with Gasteiger partial charge in [0.15, 0.2) is 0 Å². The number of benzene rings is 2. The summed E-state index contributed by atoms with van der Waals surface area (Å²) in [6.07, 6.45) is 13.0. The maximum absolute atomic E-state index is 6.02. The van der Waals surface area contributed by atoms with Crippen molar-refractivity contribution in [2.45, 2.75) is 70.6 Å². The van der Waals surface area contributed by atoms with E-state index < -0.39 is 0 Å². The molecular formula is C26H33Cl. The minimum Gasteiger partial charge on any atom is -0.0843 e. The van der Waals surface area contributed by atoms with Gasteiger partial charge in [0.1, 0.15) is 0 Å². The average molecular weight is 381 g/mol. The van der Waals surface area contributed by atoms with Gasteiger partial charge in [0, 0.05) is 5.02 Å². The molecule has 2 aromatic rings. The van der Waals surface area contributed by atoms with Crippen LogP contribution in [0.1, 0.15) is 76.2 Å². The van der Waals surface area contributed by atoms with Crippen molar-refractivity contribution >= 4 is 11.6 Å². The molecule has 4 atom stereocenters. The molecule has 27 heavy (non-hydrogen) atoms. The number of fused-ring (bicyclic) bond motifs is 1. The van der Waals surface area contributed by atoms with Crippen LogP contribution in [0, 0.1) is 17.8 Å². The number of unbranched alkanes of at least 4 members (excludes halogenated alkanes) is 1. The summed E-state index contributed by atoms with van der Waals surface area (Å²) in [5, 5.41) is 0.802. The van der Waals surface area contributed by atoms with Crippen molar-refractivity contribution in [3.63, 3.8) is 0 Å². The average Bonchev–Trinajstić information content (AvgIpc) is 2.72. The van der Waals surface area contributed by atoms with E-state index in [1.54, 1.807) is 5.56 Å². The monoisotopic (exact) mass is 380 g/mol. The van der Waals surface area contributed by atoms with Crippen LogP contribution in [-0.4, -0.2) is 0 Å². The van der Waals surface area contributed by atoms with Crippen LogP contribution in [0.4, 0.5) is 0 Å². The molecule has 2 aromatic carbocycles. The summed E-state index contributed by atoms with van der Waals surface area (Å²) < 4.78 is 0. The van der Waals surface area contributed by atoms with Crippen molar-refractivity contribution in [3.8, 4) is 11.1 Å². The second kappa shape index (κ2) is 8.82. The highest BCUT2D eigenvalue weighted by molar-refractivity contribution is 6.30. The fourth-order valence-corrected chi connectivity index (χ4v) is 5.76. The fraction of sp³-hybridized carbons (Fsp3) is 0.538. The van der Waals surface area contributed by atoms with Gasteiger partial charge in [0.2, 0.25) is 0 Å². The molecule has 2 saturated carbocycles. The third kappa shape index (κ3) is 4.60. The highest BCUT2D eigenvalue weighted by atomic mass is 35.5. The van der Waals surface area contributed by atoms with Crippen LogP contribution in [0.2, 0.25) is 5.02 Å². The predicted molar refractivity (Wildman–Crippen MR) is 117 cm³/mol. The van der Waals surface area contributed by atoms with E-state index in [1.807, 2.05) is 12.1 Å². The Labute approximate surface area is 170 Å². The van der Waals surface area contributed by atoms with E-state index in [-0.39, 0.29) is 0 Å². The lowest BCUT2D eigenvalue weighted by atomic mass is 9.63. The highest BCUT2D eigenvalue weighted by Crippen LogP contribution is 2.48. The van der Waals surface area contributed by atoms with Gasteiger partial charge in [-0.25, -0.2) is 0 Å². The van der Waals surface area contributed by atoms with Crippen LogP contribution in [-0.2, 0) is 0 Å². The molecule has 2 fully saturated rings. The Balaban J connectivity index is 1.37. The molecule has 4 unspecified atom stereocenters. The number of hydrogen-bond donors (Lipinski definition) is 0. The van der Waals surface area contributed by atoms with Gasteiger partial charge < -0.3 is 0 Å². The Morgan fingerprint density at radius 2 is 1.41 bits per heavy atom. The lowest BCUT2D eigenvalue weighted by Crippen LogP contribution is -2.30. The van der Waals surface area contributed by atoms with Gasteiger partial charge in [-0.3, -0.25) is 0 Å². The first-order chi connectivity index (χ1) is 13.2. The Morgan fingerprint density at radius 1 is 0.778 bits per heavy atom. The highest BCUT2D eigenvalue weighted by Gasteiger charge is 2.35. The molecule has 0 nitrogen and oxygen atoms in total. The Morgan fingerprint density at radius 3 is 2.11 bits per heavy atom. The van der Waals surface area contributed by atoms with Crippen LogP contribution in [0.25, 0.3) is 11.1 Å². The van der Waals surface area contributed by atoms with E-state index in [4.69, 9.17) is 11.6 Å². The minimum absolute atomic E-state index is 0.776. The van der Waals surface area contributed by atoms with Crippen molar-refractivity contribution < 1.29 is 0 Å². The van der Waals surface area contributed by atoms with Gasteiger partial charge in [-0.2, -0.15) is 0 Å². The largest absolute Gasteiger partial charge is 0.0843 e. The fourth-order valence-electron chi connectivity index (χ4n) is 5.63. The van der Waals surface area contributed by atoms with Crippen LogP contribution in [0.15, 0.2) is 48.5 Å². The standard InChI is InChI=1S/C26H33Cl/c1-2-3-4-19-5-6-25-18-24(12-11-23(25)17-19)22-9-7-20(8-10-22)21-13-15-26(27)16-14-21/h7-10,13-16,19,23-25H,2-6,11-12,17-18H2,1H3. The topological polar surface area (TPSA) is 0 Å². The molecule has 0 radical (unpaired) electrons. The maximum atomic E-state index is 6.02. The molecule has 2 aliphatic carbocycles. The van der Waals surface area contributed by atoms with Crippen molar-refractivity contribution in [3.05, 3.63) is 59.1 Å². The molecule has 0 aliphatic heterocycles. The summed E-state index contributed by atoms with van der Waals surface area (Å²) >= 11 is 6.02. The maximum Gasteiger partial charge on any atom is 0.0406 e. The molecule has 0 bridgehead atoms. The van der Waals surface area contributed by atoms with E-state index in [9.17, 15) is 0 Å². The normalized spacial score (nSPS) is 27.9. The smallest absolute Gasteiger partial charge is 0.0406 e. The van der Waals surface area contributed by atoms with Gasteiger partial charge in [0.25, 0.3) is 0 Å². The summed E-state index contributed by atoms with van der Waals surface area (Å²) in [6, 6.07) is 17.5. The van der Waals surface area contributed by atoms with Crippen molar-refractivity contribution in [1.82, 2.24) is 0 Å². The SMILES string of the molecule is CCCCC1CCC2CC(c3ccc(-c4ccc(Cl)cc4)cc3)CCC2C1. The Bertz CT molecular complexity index is 715. The summed E-state index contributed by atoms with van der Waals surface area (Å²) in [6.45, 7) is 2.33. The molecule has 0 amide bonds. The van der Waals surface area contributed by atoms with Gasteiger partial charge in [0.05, 0.1) is 0 Å². The van der Waals surface area contributed by atoms with Crippen molar-refractivity contribution in [1.29, 1.82) is 0 Å². The van der Waals surface area contributed by atoms with Crippen LogP contribution in [0.3, 0.4) is 0 Å². The zero-order chi connectivity index (χ0) is 18.6. The molecule has 144 valence electrons. The summed E-state index contributed by atoms with van der Waals surface area (Å²) in [5.74, 6) is 3.81. The zero-order valence-corrected chi connectivity index (χ0v) is 17.4. The first-order valence-corrected chi connectivity index (χ1v) is 11.5. The lowest BCUT2D eigenvalue weighted by Gasteiger charge is -2.42. The van der Waals surface area contributed by atoms with E-state index in [0.29, 0.717) is 0 Å². The van der Waals surface area contributed by atoms with Gasteiger partial charge in [-0.1, -0.05) is 80.6 Å². The molecule has 2 aliphatic rings. The number of halogens is 1. The van der Waals surface area contributed by atoms with Gasteiger partial charge >= 0.3 is 0 Å². The third-order valence-electron chi connectivity index (χ3n) is 7.25. The van der Waals surface area contributed by atoms with Gasteiger partial charge in [-0.05, 0) is 84.6 Å². The van der Waals surface area contributed by atoms with Crippen molar-refractivity contribution in [2.24, 2.45) is 17.8 Å². The van der Waals surface area contributed by atoms with Crippen LogP contribution < -0.4 is 0 Å². The second-order valence-electron chi connectivity index (χ2n) is 8.98. The zero-order valence-electron chi connectivity index (χ0n) is 16.7. The molecule has 0 spiro atoms. The molecule has 1 heteroatoms. The van der Waals surface area contributed by atoms with Crippen molar-refractivity contribution in [2.75, 3.05) is 0 Å². The predicted octanol–water partition coefficient (Wildman–Crippen LogP) is 8.50. The summed E-state index contributed by atoms with van der Waals surface area (Å²) in [7, 11) is 0.